The average Bonchev–Trinajstić information content (AvgIpc) is 2.59. The summed E-state index contributed by atoms with van der Waals surface area (Å²) in [6, 6.07) is 14.7. The third kappa shape index (κ3) is 3.45. The van der Waals surface area contributed by atoms with Crippen LogP contribution < -0.4 is 20.7 Å². The van der Waals surface area contributed by atoms with Gasteiger partial charge < -0.3 is 9.47 Å². The number of carbonyl (C=O) groups excluding carboxylic acids is 1. The molecule has 1 amide bonds. The largest absolute Gasteiger partial charge is 0.493 e. The van der Waals surface area contributed by atoms with E-state index >= 15 is 0 Å². The quantitative estimate of drug-likeness (QED) is 0.292. The molecule has 5 heteroatoms. The van der Waals surface area contributed by atoms with Gasteiger partial charge in [-0.2, -0.15) is 0 Å². The summed E-state index contributed by atoms with van der Waals surface area (Å²) < 4.78 is 10.5. The van der Waals surface area contributed by atoms with E-state index in [0.717, 1.165) is 11.1 Å². The van der Waals surface area contributed by atoms with E-state index in [-0.39, 0.29) is 5.91 Å². The third-order valence-corrected chi connectivity index (χ3v) is 3.18. The summed E-state index contributed by atoms with van der Waals surface area (Å²) in [4.78, 5) is 12.0. The highest BCUT2D eigenvalue weighted by atomic mass is 16.5. The van der Waals surface area contributed by atoms with Gasteiger partial charge in [0.25, 0.3) is 5.91 Å². The number of amides is 1. The standard InChI is InChI=1S/C17H18N2O3/c1-21-15-9-8-12(11-16(15)22-2)10-14(17(20)19-18)13-6-4-3-5-7-13/h3-11H,18H2,1-2H3,(H,19,20)/b14-10-. The van der Waals surface area contributed by atoms with Crippen LogP contribution in [0.25, 0.3) is 11.6 Å². The van der Waals surface area contributed by atoms with Crippen LogP contribution in [-0.2, 0) is 4.79 Å². The lowest BCUT2D eigenvalue weighted by atomic mass is 10.0. The third-order valence-electron chi connectivity index (χ3n) is 3.18. The fourth-order valence-corrected chi connectivity index (χ4v) is 2.08. The second-order valence-electron chi connectivity index (χ2n) is 4.51. The van der Waals surface area contributed by atoms with E-state index in [2.05, 4.69) is 5.43 Å². The maximum atomic E-state index is 12.0. The maximum absolute atomic E-state index is 12.0. The number of methoxy groups -OCH3 is 2. The Morgan fingerprint density at radius 2 is 1.73 bits per heavy atom. The van der Waals surface area contributed by atoms with Gasteiger partial charge in [0, 0.05) is 5.57 Å². The van der Waals surface area contributed by atoms with E-state index in [9.17, 15) is 4.79 Å². The Kier molecular flexibility index (Phi) is 5.16. The molecule has 114 valence electrons. The fourth-order valence-electron chi connectivity index (χ4n) is 2.08. The van der Waals surface area contributed by atoms with E-state index < -0.39 is 0 Å². The number of carbonyl (C=O) groups is 1. The monoisotopic (exact) mass is 298 g/mol. The molecule has 0 spiro atoms. The number of nitrogens with two attached hydrogens (primary N) is 1. The molecule has 0 fully saturated rings. The molecule has 3 N–H and O–H groups in total. The SMILES string of the molecule is COc1ccc(/C=C(\C(=O)NN)c2ccccc2)cc1OC. The van der Waals surface area contributed by atoms with E-state index in [1.807, 2.05) is 36.4 Å². The number of ether oxygens (including phenoxy) is 2. The molecule has 0 aromatic heterocycles. The molecule has 2 aromatic rings. The molecule has 0 heterocycles. The van der Waals surface area contributed by atoms with E-state index in [1.165, 1.54) is 0 Å². The van der Waals surface area contributed by atoms with Crippen LogP contribution in [0, 0.1) is 0 Å². The van der Waals surface area contributed by atoms with Crippen molar-refractivity contribution in [1.29, 1.82) is 0 Å². The number of benzene rings is 2. The second kappa shape index (κ2) is 7.28. The predicted octanol–water partition coefficient (Wildman–Crippen LogP) is 2.23. The normalized spacial score (nSPS) is 11.0. The lowest BCUT2D eigenvalue weighted by Gasteiger charge is -2.10. The highest BCUT2D eigenvalue weighted by Gasteiger charge is 2.11. The Bertz CT molecular complexity index is 682. The van der Waals surface area contributed by atoms with Crippen LogP contribution in [0.15, 0.2) is 48.5 Å². The molecule has 2 rings (SSSR count). The van der Waals surface area contributed by atoms with E-state index in [4.69, 9.17) is 15.3 Å². The zero-order valence-electron chi connectivity index (χ0n) is 12.5. The zero-order chi connectivity index (χ0) is 15.9. The van der Waals surface area contributed by atoms with Gasteiger partial charge in [-0.3, -0.25) is 10.2 Å². The summed E-state index contributed by atoms with van der Waals surface area (Å²) in [5, 5.41) is 0. The Morgan fingerprint density at radius 1 is 1.05 bits per heavy atom. The van der Waals surface area contributed by atoms with Gasteiger partial charge in [-0.15, -0.1) is 0 Å². The second-order valence-corrected chi connectivity index (χ2v) is 4.51. The molecule has 5 nitrogen and oxygen atoms in total. The summed E-state index contributed by atoms with van der Waals surface area (Å²) in [5.41, 5.74) is 4.22. The Balaban J connectivity index is 2.48. The molecule has 0 bridgehead atoms. The van der Waals surface area contributed by atoms with E-state index in [0.29, 0.717) is 17.1 Å². The van der Waals surface area contributed by atoms with Crippen LogP contribution in [0.3, 0.4) is 0 Å². The molecule has 22 heavy (non-hydrogen) atoms. The summed E-state index contributed by atoms with van der Waals surface area (Å²) in [7, 11) is 3.14. The van der Waals surface area contributed by atoms with Crippen molar-refractivity contribution < 1.29 is 14.3 Å². The van der Waals surface area contributed by atoms with Gasteiger partial charge in [0.15, 0.2) is 11.5 Å². The number of hydrogen-bond donors (Lipinski definition) is 2. The van der Waals surface area contributed by atoms with E-state index in [1.54, 1.807) is 32.4 Å². The Morgan fingerprint density at radius 3 is 2.32 bits per heavy atom. The maximum Gasteiger partial charge on any atom is 0.265 e. The molecular formula is C17H18N2O3. The number of hydrogen-bond acceptors (Lipinski definition) is 4. The van der Waals surface area contributed by atoms with Crippen LogP contribution in [0.5, 0.6) is 11.5 Å². The van der Waals surface area contributed by atoms with Gasteiger partial charge in [-0.05, 0) is 29.3 Å². The minimum Gasteiger partial charge on any atom is -0.493 e. The first kappa shape index (κ1) is 15.6. The van der Waals surface area contributed by atoms with Gasteiger partial charge in [0.1, 0.15) is 0 Å². The van der Waals surface area contributed by atoms with Crippen molar-refractivity contribution in [2.45, 2.75) is 0 Å². The summed E-state index contributed by atoms with van der Waals surface area (Å²) in [6.07, 6.45) is 1.75. The summed E-state index contributed by atoms with van der Waals surface area (Å²) >= 11 is 0. The fraction of sp³-hybridized carbons (Fsp3) is 0.118. The first-order chi connectivity index (χ1) is 10.7. The van der Waals surface area contributed by atoms with Crippen molar-refractivity contribution in [3.8, 4) is 11.5 Å². The van der Waals surface area contributed by atoms with Crippen LogP contribution in [-0.4, -0.2) is 20.1 Å². The smallest absolute Gasteiger partial charge is 0.265 e. The lowest BCUT2D eigenvalue weighted by Crippen LogP contribution is -2.30. The predicted molar refractivity (Wildman–Crippen MR) is 86.2 cm³/mol. The average molecular weight is 298 g/mol. The van der Waals surface area contributed by atoms with Gasteiger partial charge in [-0.1, -0.05) is 36.4 Å². The van der Waals surface area contributed by atoms with Crippen molar-refractivity contribution >= 4 is 17.6 Å². The Hall–Kier alpha value is -2.79. The first-order valence-electron chi connectivity index (χ1n) is 6.69. The number of rotatable bonds is 5. The molecular weight excluding hydrogens is 280 g/mol. The van der Waals surface area contributed by atoms with Crippen LogP contribution in [0.4, 0.5) is 0 Å². The van der Waals surface area contributed by atoms with Crippen molar-refractivity contribution in [2.24, 2.45) is 5.84 Å². The van der Waals surface area contributed by atoms with Crippen molar-refractivity contribution in [3.63, 3.8) is 0 Å². The minimum absolute atomic E-state index is 0.360. The van der Waals surface area contributed by atoms with Crippen LogP contribution in [0.1, 0.15) is 11.1 Å². The van der Waals surface area contributed by atoms with Crippen LogP contribution in [0.2, 0.25) is 0 Å². The van der Waals surface area contributed by atoms with Gasteiger partial charge in [0.2, 0.25) is 0 Å². The molecule has 2 aromatic carbocycles. The highest BCUT2D eigenvalue weighted by molar-refractivity contribution is 6.24. The topological polar surface area (TPSA) is 73.6 Å². The van der Waals surface area contributed by atoms with Gasteiger partial charge >= 0.3 is 0 Å². The molecule has 0 unspecified atom stereocenters. The number of hydrazine groups is 1. The molecule has 0 radical (unpaired) electrons. The molecule has 0 aliphatic carbocycles. The molecule has 0 atom stereocenters. The summed E-state index contributed by atoms with van der Waals surface area (Å²) in [6.45, 7) is 0. The minimum atomic E-state index is -0.360. The van der Waals surface area contributed by atoms with Crippen molar-refractivity contribution in [2.75, 3.05) is 14.2 Å². The van der Waals surface area contributed by atoms with Crippen molar-refractivity contribution in [1.82, 2.24) is 5.43 Å². The lowest BCUT2D eigenvalue weighted by molar-refractivity contribution is -0.115. The van der Waals surface area contributed by atoms with Gasteiger partial charge in [-0.25, -0.2) is 5.84 Å². The number of nitrogens with one attached hydrogen (secondary N) is 1. The molecule has 0 saturated heterocycles. The van der Waals surface area contributed by atoms with Gasteiger partial charge in [0.05, 0.1) is 14.2 Å². The molecule has 0 saturated carbocycles. The van der Waals surface area contributed by atoms with Crippen molar-refractivity contribution in [3.05, 3.63) is 59.7 Å². The summed E-state index contributed by atoms with van der Waals surface area (Å²) in [5.74, 6) is 6.14. The highest BCUT2D eigenvalue weighted by Crippen LogP contribution is 2.29. The first-order valence-corrected chi connectivity index (χ1v) is 6.69. The molecule has 0 aliphatic heterocycles. The van der Waals surface area contributed by atoms with Crippen LogP contribution >= 0.6 is 0 Å². The molecule has 0 aliphatic rings. The zero-order valence-corrected chi connectivity index (χ0v) is 12.5. The Labute approximate surface area is 129 Å².